The molecule has 0 aliphatic carbocycles. The molecule has 114 valence electrons. The molecule has 1 aromatic carbocycles. The first-order chi connectivity index (χ1) is 10.1. The van der Waals surface area contributed by atoms with E-state index in [-0.39, 0.29) is 12.5 Å². The van der Waals surface area contributed by atoms with Gasteiger partial charge in [0.25, 0.3) is 0 Å². The fourth-order valence-corrected chi connectivity index (χ4v) is 1.79. The molecule has 0 aliphatic rings. The predicted octanol–water partition coefficient (Wildman–Crippen LogP) is 1.98. The van der Waals surface area contributed by atoms with E-state index in [4.69, 9.17) is 9.84 Å². The highest BCUT2D eigenvalue weighted by molar-refractivity contribution is 5.91. The Kier molecular flexibility index (Phi) is 6.97. The maximum Gasteiger partial charge on any atom is 0.322 e. The van der Waals surface area contributed by atoms with Gasteiger partial charge in [-0.3, -0.25) is 4.79 Å². The third kappa shape index (κ3) is 5.66. The molecule has 0 heterocycles. The van der Waals surface area contributed by atoms with E-state index >= 15 is 0 Å². The number of aliphatic carboxylic acids is 1. The number of rotatable bonds is 8. The Morgan fingerprint density at radius 1 is 1.43 bits per heavy atom. The summed E-state index contributed by atoms with van der Waals surface area (Å²) in [6.07, 6.45) is 1.48. The fraction of sp³-hybridized carbons (Fsp3) is 0.333. The Morgan fingerprint density at radius 2 is 2.14 bits per heavy atom. The number of carboxylic acids is 1. The number of amides is 2. The largest absolute Gasteiger partial charge is 0.481 e. The minimum Gasteiger partial charge on any atom is -0.481 e. The highest BCUT2D eigenvalue weighted by atomic mass is 16.5. The van der Waals surface area contributed by atoms with E-state index in [9.17, 15) is 9.59 Å². The van der Waals surface area contributed by atoms with Crippen molar-refractivity contribution in [2.24, 2.45) is 0 Å². The van der Waals surface area contributed by atoms with Crippen LogP contribution < -0.4 is 5.32 Å². The highest BCUT2D eigenvalue weighted by Gasteiger charge is 2.14. The summed E-state index contributed by atoms with van der Waals surface area (Å²) in [5, 5.41) is 11.6. The molecule has 1 rings (SSSR count). The number of nitrogens with one attached hydrogen (secondary N) is 1. The lowest BCUT2D eigenvalue weighted by molar-refractivity contribution is -0.136. The number of hydrogen-bond acceptors (Lipinski definition) is 3. The van der Waals surface area contributed by atoms with Crippen LogP contribution in [-0.2, 0) is 16.0 Å². The molecule has 0 radical (unpaired) electrons. The van der Waals surface area contributed by atoms with Crippen molar-refractivity contribution in [3.05, 3.63) is 42.5 Å². The summed E-state index contributed by atoms with van der Waals surface area (Å²) in [4.78, 5) is 24.6. The van der Waals surface area contributed by atoms with Crippen molar-refractivity contribution in [3.8, 4) is 0 Å². The molecule has 0 fully saturated rings. The van der Waals surface area contributed by atoms with E-state index in [2.05, 4.69) is 11.9 Å². The van der Waals surface area contributed by atoms with Gasteiger partial charge in [0.05, 0.1) is 13.0 Å². The molecule has 0 atom stereocenters. The zero-order chi connectivity index (χ0) is 15.7. The number of anilines is 1. The zero-order valence-corrected chi connectivity index (χ0v) is 12.0. The lowest BCUT2D eigenvalue weighted by atomic mass is 10.1. The van der Waals surface area contributed by atoms with Gasteiger partial charge < -0.3 is 20.1 Å². The summed E-state index contributed by atoms with van der Waals surface area (Å²) in [6, 6.07) is 6.52. The Balaban J connectivity index is 2.80. The number of benzene rings is 1. The molecule has 21 heavy (non-hydrogen) atoms. The molecule has 6 heteroatoms. The van der Waals surface area contributed by atoms with Crippen molar-refractivity contribution < 1.29 is 19.4 Å². The smallest absolute Gasteiger partial charge is 0.322 e. The standard InChI is InChI=1S/C15H20N2O4/c1-3-8-17(9-10-21-2)15(20)16-13-7-5-4-6-12(13)11-14(18)19/h3-7H,1,8-11H2,2H3,(H,16,20)(H,18,19). The van der Waals surface area contributed by atoms with Crippen LogP contribution in [0.1, 0.15) is 5.56 Å². The first-order valence-corrected chi connectivity index (χ1v) is 6.54. The lowest BCUT2D eigenvalue weighted by Gasteiger charge is -2.22. The van der Waals surface area contributed by atoms with E-state index in [1.165, 1.54) is 4.90 Å². The second kappa shape index (κ2) is 8.76. The number of carbonyl (C=O) groups excluding carboxylic acids is 1. The molecular weight excluding hydrogens is 272 g/mol. The molecule has 0 saturated carbocycles. The minimum absolute atomic E-state index is 0.143. The third-order valence-corrected chi connectivity index (χ3v) is 2.80. The van der Waals surface area contributed by atoms with Gasteiger partial charge in [0, 0.05) is 25.9 Å². The van der Waals surface area contributed by atoms with Crippen molar-refractivity contribution in [3.63, 3.8) is 0 Å². The molecular formula is C15H20N2O4. The van der Waals surface area contributed by atoms with Crippen LogP contribution in [0.25, 0.3) is 0 Å². The number of carboxylic acid groups (broad SMARTS) is 1. The summed E-state index contributed by atoms with van der Waals surface area (Å²) in [5.74, 6) is -0.945. The number of ether oxygens (including phenoxy) is 1. The summed E-state index contributed by atoms with van der Waals surface area (Å²) in [7, 11) is 1.56. The van der Waals surface area contributed by atoms with Gasteiger partial charge in [0.2, 0.25) is 0 Å². The van der Waals surface area contributed by atoms with Gasteiger partial charge in [-0.25, -0.2) is 4.79 Å². The maximum atomic E-state index is 12.2. The van der Waals surface area contributed by atoms with Gasteiger partial charge in [-0.15, -0.1) is 6.58 Å². The number of para-hydroxylation sites is 1. The van der Waals surface area contributed by atoms with Gasteiger partial charge in [0.15, 0.2) is 0 Å². The van der Waals surface area contributed by atoms with E-state index < -0.39 is 5.97 Å². The first-order valence-electron chi connectivity index (χ1n) is 6.54. The van der Waals surface area contributed by atoms with Crippen molar-refractivity contribution in [1.82, 2.24) is 4.90 Å². The average Bonchev–Trinajstić information content (AvgIpc) is 2.45. The number of hydrogen-bond donors (Lipinski definition) is 2. The number of nitrogens with zero attached hydrogens (tertiary/aromatic N) is 1. The number of methoxy groups -OCH3 is 1. The quantitative estimate of drug-likeness (QED) is 0.718. The summed E-state index contributed by atoms with van der Waals surface area (Å²) in [5.41, 5.74) is 1.06. The molecule has 1 aromatic rings. The van der Waals surface area contributed by atoms with Gasteiger partial charge >= 0.3 is 12.0 Å². The van der Waals surface area contributed by atoms with E-state index in [0.717, 1.165) is 0 Å². The van der Waals surface area contributed by atoms with Crippen LogP contribution in [0, 0.1) is 0 Å². The fourth-order valence-electron chi connectivity index (χ4n) is 1.79. The van der Waals surface area contributed by atoms with Gasteiger partial charge in [-0.05, 0) is 11.6 Å². The van der Waals surface area contributed by atoms with E-state index in [1.807, 2.05) is 0 Å². The van der Waals surface area contributed by atoms with Gasteiger partial charge in [-0.2, -0.15) is 0 Å². The number of carbonyl (C=O) groups is 2. The summed E-state index contributed by atoms with van der Waals surface area (Å²) < 4.78 is 4.96. The van der Waals surface area contributed by atoms with Crippen LogP contribution in [0.3, 0.4) is 0 Å². The van der Waals surface area contributed by atoms with Crippen molar-refractivity contribution in [1.29, 1.82) is 0 Å². The number of urea groups is 1. The van der Waals surface area contributed by atoms with E-state index in [0.29, 0.717) is 30.9 Å². The monoisotopic (exact) mass is 292 g/mol. The van der Waals surface area contributed by atoms with Crippen LogP contribution in [0.4, 0.5) is 10.5 Å². The molecule has 0 spiro atoms. The van der Waals surface area contributed by atoms with Gasteiger partial charge in [-0.1, -0.05) is 24.3 Å². The van der Waals surface area contributed by atoms with Crippen LogP contribution in [0.5, 0.6) is 0 Å². The van der Waals surface area contributed by atoms with Gasteiger partial charge in [0.1, 0.15) is 0 Å². The van der Waals surface area contributed by atoms with Crippen LogP contribution >= 0.6 is 0 Å². The van der Waals surface area contributed by atoms with Crippen LogP contribution in [-0.4, -0.2) is 48.8 Å². The highest BCUT2D eigenvalue weighted by Crippen LogP contribution is 2.16. The summed E-state index contributed by atoms with van der Waals surface area (Å²) in [6.45, 7) is 4.84. The molecule has 0 saturated heterocycles. The molecule has 6 nitrogen and oxygen atoms in total. The molecule has 2 amide bonds. The Morgan fingerprint density at radius 3 is 2.76 bits per heavy atom. The van der Waals surface area contributed by atoms with Crippen molar-refractivity contribution >= 4 is 17.7 Å². The Labute approximate surface area is 124 Å². The summed E-state index contributed by atoms with van der Waals surface area (Å²) >= 11 is 0. The normalized spacial score (nSPS) is 9.95. The second-order valence-electron chi connectivity index (χ2n) is 4.39. The SMILES string of the molecule is C=CCN(CCOC)C(=O)Nc1ccccc1CC(=O)O. The predicted molar refractivity (Wildman–Crippen MR) is 80.4 cm³/mol. The average molecular weight is 292 g/mol. The second-order valence-corrected chi connectivity index (χ2v) is 4.39. The van der Waals surface area contributed by atoms with Crippen molar-refractivity contribution in [2.45, 2.75) is 6.42 Å². The molecule has 0 aliphatic heterocycles. The van der Waals surface area contributed by atoms with Crippen LogP contribution in [0.2, 0.25) is 0 Å². The molecule has 0 bridgehead atoms. The van der Waals surface area contributed by atoms with E-state index in [1.54, 1.807) is 37.5 Å². The minimum atomic E-state index is -0.945. The maximum absolute atomic E-state index is 12.2. The van der Waals surface area contributed by atoms with Crippen LogP contribution in [0.15, 0.2) is 36.9 Å². The molecule has 0 unspecified atom stereocenters. The Bertz CT molecular complexity index is 502. The third-order valence-electron chi connectivity index (χ3n) is 2.80. The zero-order valence-electron chi connectivity index (χ0n) is 12.0. The Hall–Kier alpha value is -2.34. The topological polar surface area (TPSA) is 78.9 Å². The molecule has 0 aromatic heterocycles. The van der Waals surface area contributed by atoms with Crippen molar-refractivity contribution in [2.75, 3.05) is 32.1 Å². The lowest BCUT2D eigenvalue weighted by Crippen LogP contribution is -2.37. The first kappa shape index (κ1) is 16.7. The molecule has 2 N–H and O–H groups in total.